The highest BCUT2D eigenvalue weighted by atomic mass is 35.5. The highest BCUT2D eigenvalue weighted by molar-refractivity contribution is 7.17. The van der Waals surface area contributed by atoms with Gasteiger partial charge in [0.25, 0.3) is 5.56 Å². The van der Waals surface area contributed by atoms with E-state index in [1.54, 1.807) is 11.3 Å². The van der Waals surface area contributed by atoms with Crippen molar-refractivity contribution in [1.82, 2.24) is 24.4 Å². The molecule has 0 saturated carbocycles. The molecule has 10 heteroatoms. The smallest absolute Gasteiger partial charge is 0.291 e. The van der Waals surface area contributed by atoms with Crippen molar-refractivity contribution in [1.29, 1.82) is 0 Å². The van der Waals surface area contributed by atoms with Gasteiger partial charge in [0.1, 0.15) is 17.9 Å². The van der Waals surface area contributed by atoms with Crippen LogP contribution in [0.15, 0.2) is 40.5 Å². The molecule has 1 aromatic carbocycles. The van der Waals surface area contributed by atoms with Crippen LogP contribution in [-0.4, -0.2) is 64.3 Å². The number of anilines is 1. The summed E-state index contributed by atoms with van der Waals surface area (Å²) < 4.78 is 4.15. The van der Waals surface area contributed by atoms with Gasteiger partial charge in [0.05, 0.1) is 10.2 Å². The lowest BCUT2D eigenvalue weighted by Gasteiger charge is -2.36. The number of thiophene rings is 1. The summed E-state index contributed by atoms with van der Waals surface area (Å²) in [6.45, 7) is 8.85. The summed E-state index contributed by atoms with van der Waals surface area (Å²) in [5.41, 5.74) is 3.69. The van der Waals surface area contributed by atoms with E-state index in [0.29, 0.717) is 17.9 Å². The molecular formula is C24H27ClN6O2S. The molecule has 34 heavy (non-hydrogen) atoms. The van der Waals surface area contributed by atoms with E-state index in [1.165, 1.54) is 15.9 Å². The Labute approximate surface area is 206 Å². The van der Waals surface area contributed by atoms with Crippen LogP contribution in [0.25, 0.3) is 15.7 Å². The predicted octanol–water partition coefficient (Wildman–Crippen LogP) is 2.92. The van der Waals surface area contributed by atoms with Crippen molar-refractivity contribution in [2.75, 3.05) is 44.2 Å². The maximum absolute atomic E-state index is 12.9. The van der Waals surface area contributed by atoms with E-state index in [1.807, 2.05) is 41.0 Å². The second kappa shape index (κ2) is 9.40. The summed E-state index contributed by atoms with van der Waals surface area (Å²) in [7, 11) is 0. The first-order valence-electron chi connectivity index (χ1n) is 11.4. The van der Waals surface area contributed by atoms with Gasteiger partial charge in [0.2, 0.25) is 5.91 Å². The van der Waals surface area contributed by atoms with Gasteiger partial charge in [-0.1, -0.05) is 17.7 Å². The number of carbonyl (C=O) groups is 1. The molecule has 1 aliphatic heterocycles. The van der Waals surface area contributed by atoms with Gasteiger partial charge >= 0.3 is 0 Å². The summed E-state index contributed by atoms with van der Waals surface area (Å²) >= 11 is 7.76. The van der Waals surface area contributed by atoms with Crippen LogP contribution in [-0.2, 0) is 11.3 Å². The number of carbonyl (C=O) groups excluding carboxylic acids is 1. The topological polar surface area (TPSA) is 74.9 Å². The molecule has 1 N–H and O–H groups in total. The van der Waals surface area contributed by atoms with E-state index in [-0.39, 0.29) is 18.0 Å². The normalized spacial score (nSPS) is 14.9. The molecule has 8 nitrogen and oxygen atoms in total. The van der Waals surface area contributed by atoms with Crippen LogP contribution in [0.1, 0.15) is 11.4 Å². The molecule has 1 aliphatic rings. The number of halogens is 1. The Morgan fingerprint density at radius 1 is 1.12 bits per heavy atom. The third-order valence-corrected chi connectivity index (χ3v) is 7.48. The SMILES string of the molecule is Cc1ccc(Cl)cc1N1CCN(CCNC(=O)Cn2nc(C)n3c(cc4sccc43)c2=O)CC1. The number of fused-ring (bicyclic) bond motifs is 3. The van der Waals surface area contributed by atoms with Gasteiger partial charge in [-0.3, -0.25) is 18.9 Å². The number of piperazine rings is 1. The van der Waals surface area contributed by atoms with Gasteiger partial charge in [-0.2, -0.15) is 5.10 Å². The fourth-order valence-corrected chi connectivity index (χ4v) is 5.59. The van der Waals surface area contributed by atoms with E-state index in [4.69, 9.17) is 11.6 Å². The summed E-state index contributed by atoms with van der Waals surface area (Å²) in [4.78, 5) is 30.1. The van der Waals surface area contributed by atoms with Crippen molar-refractivity contribution in [3.63, 3.8) is 0 Å². The number of benzene rings is 1. The highest BCUT2D eigenvalue weighted by Gasteiger charge is 2.19. The van der Waals surface area contributed by atoms with Gasteiger partial charge < -0.3 is 10.2 Å². The van der Waals surface area contributed by atoms with Crippen LogP contribution < -0.4 is 15.8 Å². The fraction of sp³-hybridized carbons (Fsp3) is 0.375. The molecule has 1 saturated heterocycles. The predicted molar refractivity (Wildman–Crippen MR) is 137 cm³/mol. The number of aromatic nitrogens is 3. The molecule has 1 fully saturated rings. The maximum Gasteiger partial charge on any atom is 0.291 e. The molecule has 4 heterocycles. The van der Waals surface area contributed by atoms with Crippen molar-refractivity contribution >= 4 is 50.3 Å². The molecule has 0 bridgehead atoms. The zero-order valence-corrected chi connectivity index (χ0v) is 20.8. The van der Waals surface area contributed by atoms with Gasteiger partial charge in [0, 0.05) is 50.0 Å². The van der Waals surface area contributed by atoms with Crippen molar-refractivity contribution < 1.29 is 4.79 Å². The van der Waals surface area contributed by atoms with Crippen molar-refractivity contribution in [3.8, 4) is 0 Å². The van der Waals surface area contributed by atoms with Crippen LogP contribution in [0, 0.1) is 13.8 Å². The first kappa shape index (κ1) is 22.9. The second-order valence-corrected chi connectivity index (χ2v) is 10.0. The van der Waals surface area contributed by atoms with E-state index >= 15 is 0 Å². The van der Waals surface area contributed by atoms with E-state index in [9.17, 15) is 9.59 Å². The Kier molecular flexibility index (Phi) is 6.33. The molecule has 0 aliphatic carbocycles. The van der Waals surface area contributed by atoms with Gasteiger partial charge in [-0.15, -0.1) is 11.3 Å². The first-order chi connectivity index (χ1) is 16.4. The Hall–Kier alpha value is -2.88. The van der Waals surface area contributed by atoms with Crippen LogP contribution in [0.2, 0.25) is 5.02 Å². The monoisotopic (exact) mass is 498 g/mol. The minimum atomic E-state index is -0.253. The number of nitrogens with one attached hydrogen (secondary N) is 1. The molecule has 1 amide bonds. The number of amides is 1. The summed E-state index contributed by atoms with van der Waals surface area (Å²) in [5.74, 6) is 0.475. The quantitative estimate of drug-likeness (QED) is 0.442. The second-order valence-electron chi connectivity index (χ2n) is 8.65. The molecule has 3 aromatic heterocycles. The molecular weight excluding hydrogens is 472 g/mol. The first-order valence-corrected chi connectivity index (χ1v) is 12.6. The van der Waals surface area contributed by atoms with E-state index in [2.05, 4.69) is 33.2 Å². The molecule has 0 radical (unpaired) electrons. The Bertz CT molecular complexity index is 1420. The molecule has 0 atom stereocenters. The molecule has 0 spiro atoms. The van der Waals surface area contributed by atoms with Crippen molar-refractivity contribution in [2.45, 2.75) is 20.4 Å². The van der Waals surface area contributed by atoms with Gasteiger partial charge in [-0.05, 0) is 49.1 Å². The fourth-order valence-electron chi connectivity index (χ4n) is 4.62. The zero-order chi connectivity index (χ0) is 23.8. The Morgan fingerprint density at radius 2 is 1.91 bits per heavy atom. The van der Waals surface area contributed by atoms with Gasteiger partial charge in [-0.25, -0.2) is 4.68 Å². The number of aryl methyl sites for hydroxylation is 2. The minimum Gasteiger partial charge on any atom is -0.369 e. The van der Waals surface area contributed by atoms with Gasteiger partial charge in [0.15, 0.2) is 0 Å². The molecule has 0 unspecified atom stereocenters. The Morgan fingerprint density at radius 3 is 2.71 bits per heavy atom. The number of nitrogens with zero attached hydrogens (tertiary/aromatic N) is 5. The van der Waals surface area contributed by atoms with Crippen molar-refractivity contribution in [2.24, 2.45) is 0 Å². The Balaban J connectivity index is 1.14. The van der Waals surface area contributed by atoms with Crippen LogP contribution in [0.5, 0.6) is 0 Å². The van der Waals surface area contributed by atoms with E-state index in [0.717, 1.165) is 48.0 Å². The average Bonchev–Trinajstić information content (AvgIpc) is 3.41. The lowest BCUT2D eigenvalue weighted by molar-refractivity contribution is -0.121. The molecule has 4 aromatic rings. The standard InChI is InChI=1S/C24H27ClN6O2S/c1-16-3-4-18(25)13-20(16)29-10-8-28(9-11-29)7-6-26-23(32)15-30-24(33)21-14-22-19(5-12-34-22)31(21)17(2)27-30/h3-5,12-14H,6-11,15H2,1-2H3,(H,26,32). The molecule has 178 valence electrons. The van der Waals surface area contributed by atoms with Crippen LogP contribution in [0.3, 0.4) is 0 Å². The largest absolute Gasteiger partial charge is 0.369 e. The number of rotatable bonds is 6. The average molecular weight is 499 g/mol. The maximum atomic E-state index is 12.9. The van der Waals surface area contributed by atoms with E-state index < -0.39 is 0 Å². The summed E-state index contributed by atoms with van der Waals surface area (Å²) in [6.07, 6.45) is 0. The zero-order valence-electron chi connectivity index (χ0n) is 19.3. The van der Waals surface area contributed by atoms with Crippen LogP contribution >= 0.6 is 22.9 Å². The molecule has 5 rings (SSSR count). The van der Waals surface area contributed by atoms with Crippen molar-refractivity contribution in [3.05, 3.63) is 62.5 Å². The number of hydrogen-bond acceptors (Lipinski definition) is 6. The summed E-state index contributed by atoms with van der Waals surface area (Å²) in [6, 6.07) is 9.85. The lowest BCUT2D eigenvalue weighted by atomic mass is 10.1. The lowest BCUT2D eigenvalue weighted by Crippen LogP contribution is -2.49. The van der Waals surface area contributed by atoms with Crippen LogP contribution in [0.4, 0.5) is 5.69 Å². The number of hydrogen-bond donors (Lipinski definition) is 1. The third kappa shape index (κ3) is 4.43. The highest BCUT2D eigenvalue weighted by Crippen LogP contribution is 2.26. The minimum absolute atomic E-state index is 0.0865. The summed E-state index contributed by atoms with van der Waals surface area (Å²) in [5, 5.41) is 10.1. The third-order valence-electron chi connectivity index (χ3n) is 6.39.